The Kier molecular flexibility index (Phi) is 5.15. The van der Waals surface area contributed by atoms with E-state index in [2.05, 4.69) is 15.4 Å². The first kappa shape index (κ1) is 18.5. The maximum Gasteiger partial charge on any atom is 0.405 e. The number of methoxy groups -OCH3 is 2. The molecule has 0 spiro atoms. The smallest absolute Gasteiger partial charge is 0.405 e. The van der Waals surface area contributed by atoms with Crippen LogP contribution < -0.4 is 14.8 Å². The quantitative estimate of drug-likeness (QED) is 0.682. The lowest BCUT2D eigenvalue weighted by molar-refractivity contribution is -0.153. The second kappa shape index (κ2) is 7.52. The number of rotatable bonds is 7. The molecule has 1 aliphatic rings. The number of ether oxygens (including phenoxy) is 2. The number of nitrogens with zero attached hydrogens (tertiary/aromatic N) is 4. The number of likely N-dealkylation sites (tertiary alicyclic amines) is 1. The summed E-state index contributed by atoms with van der Waals surface area (Å²) in [4.78, 5) is 29.2. The largest absolute Gasteiger partial charge is 0.497 e. The molecule has 3 rings (SSSR count). The third-order valence-electron chi connectivity index (χ3n) is 4.47. The highest BCUT2D eigenvalue weighted by molar-refractivity contribution is 5.92. The Bertz CT molecular complexity index is 852. The van der Waals surface area contributed by atoms with Gasteiger partial charge in [-0.15, -0.1) is 0 Å². The van der Waals surface area contributed by atoms with E-state index in [1.165, 1.54) is 0 Å². The number of hydrogen-bond acceptors (Lipinski definition) is 6. The topological polar surface area (TPSA) is 119 Å². The van der Waals surface area contributed by atoms with Crippen molar-refractivity contribution in [2.75, 3.05) is 14.2 Å². The number of β-lactam (4-membered cyclic amide) rings is 1. The SMILES string of the molecule is COc1ccc(CN2C(=O)[C@@H](NC(=O)O)[C@@H]2Cn2cnc(C)n2)c(OC)c1. The zero-order valence-electron chi connectivity index (χ0n) is 15.2. The van der Waals surface area contributed by atoms with Gasteiger partial charge < -0.3 is 24.8 Å². The van der Waals surface area contributed by atoms with E-state index < -0.39 is 12.1 Å². The fourth-order valence-electron chi connectivity index (χ4n) is 3.13. The molecule has 10 nitrogen and oxygen atoms in total. The van der Waals surface area contributed by atoms with Crippen molar-refractivity contribution < 1.29 is 24.2 Å². The predicted octanol–water partition coefficient (Wildman–Crippen LogP) is 0.651. The van der Waals surface area contributed by atoms with Crippen molar-refractivity contribution in [3.05, 3.63) is 35.9 Å². The van der Waals surface area contributed by atoms with Crippen LogP contribution in [0.1, 0.15) is 11.4 Å². The van der Waals surface area contributed by atoms with Gasteiger partial charge in [-0.2, -0.15) is 5.10 Å². The molecule has 0 bridgehead atoms. The summed E-state index contributed by atoms with van der Waals surface area (Å²) in [5, 5.41) is 15.5. The van der Waals surface area contributed by atoms with Gasteiger partial charge in [0.05, 0.1) is 26.8 Å². The van der Waals surface area contributed by atoms with Gasteiger partial charge in [0.25, 0.3) is 0 Å². The van der Waals surface area contributed by atoms with Crippen LogP contribution >= 0.6 is 0 Å². The number of benzene rings is 1. The highest BCUT2D eigenvalue weighted by atomic mass is 16.5. The van der Waals surface area contributed by atoms with Gasteiger partial charge in [0.2, 0.25) is 5.91 Å². The van der Waals surface area contributed by atoms with Crippen LogP contribution in [0.5, 0.6) is 11.5 Å². The summed E-state index contributed by atoms with van der Waals surface area (Å²) in [6.07, 6.45) is 0.317. The number of carbonyl (C=O) groups excluding carboxylic acids is 1. The molecule has 2 heterocycles. The van der Waals surface area contributed by atoms with E-state index in [-0.39, 0.29) is 18.5 Å². The minimum absolute atomic E-state index is 0.280. The van der Waals surface area contributed by atoms with Crippen LogP contribution in [0, 0.1) is 6.92 Å². The molecule has 0 aliphatic carbocycles. The van der Waals surface area contributed by atoms with Gasteiger partial charge in [0.1, 0.15) is 29.7 Å². The molecular formula is C17H21N5O5. The standard InChI is InChI=1S/C17H21N5O5/c1-10-18-9-21(20-10)8-13-15(19-17(24)25)16(23)22(13)7-11-4-5-12(26-2)6-14(11)27-3/h4-6,9,13,15,19H,7-8H2,1-3H3,(H,24,25)/t13-,15-/m0/s1. The van der Waals surface area contributed by atoms with Crippen LogP contribution in [-0.4, -0.2) is 63.1 Å². The predicted molar refractivity (Wildman–Crippen MR) is 93.6 cm³/mol. The number of carbonyl (C=O) groups is 2. The summed E-state index contributed by atoms with van der Waals surface area (Å²) >= 11 is 0. The van der Waals surface area contributed by atoms with E-state index in [0.29, 0.717) is 23.9 Å². The van der Waals surface area contributed by atoms with Crippen LogP contribution in [0.15, 0.2) is 24.5 Å². The number of amides is 2. The molecule has 1 aliphatic heterocycles. The average molecular weight is 375 g/mol. The highest BCUT2D eigenvalue weighted by Crippen LogP contribution is 2.30. The first-order valence-electron chi connectivity index (χ1n) is 8.29. The summed E-state index contributed by atoms with van der Waals surface area (Å²) in [6, 6.07) is 4.13. The van der Waals surface area contributed by atoms with E-state index in [4.69, 9.17) is 14.6 Å². The van der Waals surface area contributed by atoms with Crippen LogP contribution in [0.25, 0.3) is 0 Å². The Labute approximate surface area is 155 Å². The minimum Gasteiger partial charge on any atom is -0.497 e. The van der Waals surface area contributed by atoms with Crippen LogP contribution in [0.4, 0.5) is 4.79 Å². The number of aryl methyl sites for hydroxylation is 1. The lowest BCUT2D eigenvalue weighted by Gasteiger charge is -2.46. The first-order valence-corrected chi connectivity index (χ1v) is 8.29. The molecule has 2 amide bonds. The Morgan fingerprint density at radius 1 is 1.33 bits per heavy atom. The summed E-state index contributed by atoms with van der Waals surface area (Å²) in [6.45, 7) is 2.37. The van der Waals surface area contributed by atoms with Gasteiger partial charge in [-0.1, -0.05) is 0 Å². The number of nitrogens with one attached hydrogen (secondary N) is 1. The Morgan fingerprint density at radius 2 is 2.11 bits per heavy atom. The molecular weight excluding hydrogens is 354 g/mol. The molecule has 0 unspecified atom stereocenters. The van der Waals surface area contributed by atoms with Crippen molar-refractivity contribution in [3.8, 4) is 11.5 Å². The summed E-state index contributed by atoms with van der Waals surface area (Å²) < 4.78 is 12.2. The molecule has 27 heavy (non-hydrogen) atoms. The fraction of sp³-hybridized carbons (Fsp3) is 0.412. The van der Waals surface area contributed by atoms with E-state index >= 15 is 0 Å². The van der Waals surface area contributed by atoms with Crippen LogP contribution in [-0.2, 0) is 17.9 Å². The van der Waals surface area contributed by atoms with Gasteiger partial charge in [-0.25, -0.2) is 9.78 Å². The molecule has 1 fully saturated rings. The van der Waals surface area contributed by atoms with Crippen molar-refractivity contribution >= 4 is 12.0 Å². The van der Waals surface area contributed by atoms with Crippen molar-refractivity contribution in [1.82, 2.24) is 25.0 Å². The van der Waals surface area contributed by atoms with Gasteiger partial charge in [-0.3, -0.25) is 9.48 Å². The molecule has 1 saturated heterocycles. The van der Waals surface area contributed by atoms with Crippen molar-refractivity contribution in [2.45, 2.75) is 32.1 Å². The molecule has 0 saturated carbocycles. The summed E-state index contributed by atoms with van der Waals surface area (Å²) in [5.74, 6) is 1.54. The zero-order chi connectivity index (χ0) is 19.6. The van der Waals surface area contributed by atoms with E-state index in [9.17, 15) is 9.59 Å². The van der Waals surface area contributed by atoms with Crippen molar-refractivity contribution in [1.29, 1.82) is 0 Å². The molecule has 1 aromatic heterocycles. The van der Waals surface area contributed by atoms with Gasteiger partial charge in [0.15, 0.2) is 0 Å². The van der Waals surface area contributed by atoms with E-state index in [1.54, 1.807) is 49.2 Å². The average Bonchev–Trinajstić information content (AvgIpc) is 3.07. The number of carboxylic acid groups (broad SMARTS) is 1. The fourth-order valence-corrected chi connectivity index (χ4v) is 3.13. The number of hydrogen-bond donors (Lipinski definition) is 2. The van der Waals surface area contributed by atoms with Gasteiger partial charge in [0, 0.05) is 18.2 Å². The van der Waals surface area contributed by atoms with Crippen molar-refractivity contribution in [3.63, 3.8) is 0 Å². The second-order valence-electron chi connectivity index (χ2n) is 6.15. The Balaban J connectivity index is 1.81. The van der Waals surface area contributed by atoms with Crippen LogP contribution in [0.2, 0.25) is 0 Å². The van der Waals surface area contributed by atoms with Crippen molar-refractivity contribution in [2.24, 2.45) is 0 Å². The molecule has 144 valence electrons. The molecule has 0 radical (unpaired) electrons. The first-order chi connectivity index (χ1) is 12.9. The Hall–Kier alpha value is -3.30. The summed E-state index contributed by atoms with van der Waals surface area (Å²) in [7, 11) is 3.10. The summed E-state index contributed by atoms with van der Waals surface area (Å²) in [5.41, 5.74) is 0.792. The maximum atomic E-state index is 12.5. The lowest BCUT2D eigenvalue weighted by Crippen LogP contribution is -2.71. The Morgan fingerprint density at radius 3 is 2.70 bits per heavy atom. The maximum absolute atomic E-state index is 12.5. The molecule has 2 aromatic rings. The molecule has 1 aromatic carbocycles. The lowest BCUT2D eigenvalue weighted by atomic mass is 9.93. The normalized spacial score (nSPS) is 18.8. The minimum atomic E-state index is -1.24. The second-order valence-corrected chi connectivity index (χ2v) is 6.15. The third kappa shape index (κ3) is 3.78. The van der Waals surface area contributed by atoms with Gasteiger partial charge >= 0.3 is 6.09 Å². The molecule has 2 N–H and O–H groups in total. The third-order valence-corrected chi connectivity index (χ3v) is 4.47. The van der Waals surface area contributed by atoms with E-state index in [0.717, 1.165) is 5.56 Å². The van der Waals surface area contributed by atoms with E-state index in [1.807, 2.05) is 6.07 Å². The highest BCUT2D eigenvalue weighted by Gasteiger charge is 2.48. The number of aromatic nitrogens is 3. The monoisotopic (exact) mass is 375 g/mol. The zero-order valence-corrected chi connectivity index (χ0v) is 15.2. The van der Waals surface area contributed by atoms with Gasteiger partial charge in [-0.05, 0) is 19.1 Å². The molecule has 10 heteroatoms. The molecule has 2 atom stereocenters. The van der Waals surface area contributed by atoms with Crippen LogP contribution in [0.3, 0.4) is 0 Å².